The number of aromatic nitrogens is 1. The van der Waals surface area contributed by atoms with Gasteiger partial charge in [-0.25, -0.2) is 4.79 Å². The van der Waals surface area contributed by atoms with Crippen LogP contribution in [-0.4, -0.2) is 100 Å². The van der Waals surface area contributed by atoms with Gasteiger partial charge in [-0.15, -0.1) is 0 Å². The number of hydrogen-bond acceptors (Lipinski definition) is 10. The number of hydrogen-bond donors (Lipinski definition) is 5. The Balaban J connectivity index is 1.22. The van der Waals surface area contributed by atoms with Crippen molar-refractivity contribution in [3.05, 3.63) is 46.1 Å². The number of carbonyl (C=O) groups is 2. The topological polar surface area (TPSA) is 177 Å². The highest BCUT2D eigenvalue weighted by atomic mass is 16.7. The molecule has 2 saturated heterocycles. The highest BCUT2D eigenvalue weighted by Gasteiger charge is 2.70. The van der Waals surface area contributed by atoms with E-state index in [1.807, 2.05) is 12.2 Å². The van der Waals surface area contributed by atoms with E-state index in [4.69, 9.17) is 23.7 Å². The summed E-state index contributed by atoms with van der Waals surface area (Å²) in [5.74, 6) is -1.62. The number of esters is 1. The lowest BCUT2D eigenvalue weighted by Crippen LogP contribution is -2.78. The van der Waals surface area contributed by atoms with Gasteiger partial charge < -0.3 is 49.1 Å². The zero-order valence-electron chi connectivity index (χ0n) is 31.5. The van der Waals surface area contributed by atoms with Gasteiger partial charge in [-0.2, -0.15) is 0 Å². The molecule has 12 nitrogen and oxygen atoms in total. The Kier molecular flexibility index (Phi) is 10.6. The zero-order chi connectivity index (χ0) is 37.8. The van der Waals surface area contributed by atoms with Crippen molar-refractivity contribution < 1.29 is 53.7 Å². The fourth-order valence-electron chi connectivity index (χ4n) is 11.1. The lowest BCUT2D eigenvalue weighted by molar-refractivity contribution is -0.377. The summed E-state index contributed by atoms with van der Waals surface area (Å²) in [5, 5.41) is 47.1. The Morgan fingerprint density at radius 1 is 1.11 bits per heavy atom. The number of fused-ring (bicyclic) bond motifs is 5. The molecule has 0 aromatic carbocycles. The number of aromatic amines is 1. The van der Waals surface area contributed by atoms with Crippen LogP contribution in [0.2, 0.25) is 0 Å². The summed E-state index contributed by atoms with van der Waals surface area (Å²) in [6.07, 6.45) is 11.0. The molecule has 4 fully saturated rings. The summed E-state index contributed by atoms with van der Waals surface area (Å²) < 4.78 is 32.3. The quantitative estimate of drug-likeness (QED) is 0.195. The van der Waals surface area contributed by atoms with E-state index < -0.39 is 59.6 Å². The molecule has 4 aliphatic carbocycles. The normalized spacial score (nSPS) is 38.4. The van der Waals surface area contributed by atoms with Gasteiger partial charge in [0.05, 0.1) is 31.6 Å². The molecule has 5 N–H and O–H groups in total. The van der Waals surface area contributed by atoms with Crippen molar-refractivity contribution in [2.75, 3.05) is 26.9 Å². The van der Waals surface area contributed by atoms with Crippen molar-refractivity contribution >= 4 is 23.3 Å². The Morgan fingerprint density at radius 2 is 1.93 bits per heavy atom. The first-order valence-electron chi connectivity index (χ1n) is 20.3. The number of methoxy groups -OCH3 is 1. The number of ether oxygens (including phenoxy) is 5. The van der Waals surface area contributed by atoms with E-state index in [1.165, 1.54) is 39.2 Å². The number of aliphatic carboxylic acids is 1. The number of aliphatic hydroxyl groups is 3. The second-order valence-electron chi connectivity index (χ2n) is 16.9. The standard InChI is InChI=1S/C42H57NO11/c1-23(24-9-4-3-5-10-24)32-20-30-31-15-16-41(49)39(48)42(31,54-33(14-7-17-44)36(30)43-32)34-22-51-18-8-12-25-11-6-13-26-28(21-35(45)46)29(38(47)50-2)19-27(25)37(26)53-40(41)52-34/h6,13,19-20,23-28,34,37,39-40,43-44,48-49H,3-5,7-12,14-18,21-22H2,1-2H3,(H,45,46). The Hall–Kier alpha value is -3.00. The summed E-state index contributed by atoms with van der Waals surface area (Å²) in [4.78, 5) is 29.1. The smallest absolute Gasteiger partial charge is 0.333 e. The summed E-state index contributed by atoms with van der Waals surface area (Å²) >= 11 is 0. The molecule has 2 saturated carbocycles. The molecule has 4 heterocycles. The highest BCUT2D eigenvalue weighted by Crippen LogP contribution is 2.55. The Morgan fingerprint density at radius 3 is 2.69 bits per heavy atom. The average molecular weight is 752 g/mol. The van der Waals surface area contributed by atoms with Gasteiger partial charge >= 0.3 is 11.9 Å². The van der Waals surface area contributed by atoms with Crippen LogP contribution in [0.1, 0.15) is 102 Å². The van der Waals surface area contributed by atoms with Crippen LogP contribution < -0.4 is 10.6 Å². The van der Waals surface area contributed by atoms with E-state index in [2.05, 4.69) is 24.1 Å². The van der Waals surface area contributed by atoms with Crippen molar-refractivity contribution in [2.45, 2.75) is 132 Å². The van der Waals surface area contributed by atoms with E-state index in [1.54, 1.807) is 0 Å². The molecule has 0 radical (unpaired) electrons. The van der Waals surface area contributed by atoms with E-state index in [-0.39, 0.29) is 37.9 Å². The van der Waals surface area contributed by atoms with Gasteiger partial charge in [0.25, 0.3) is 0 Å². The monoisotopic (exact) mass is 751 g/mol. The minimum atomic E-state index is -1.89. The largest absolute Gasteiger partial charge is 0.481 e. The first kappa shape index (κ1) is 37.9. The first-order valence-corrected chi connectivity index (χ1v) is 20.3. The molecule has 0 amide bonds. The Bertz CT molecular complexity index is 1780. The molecule has 8 bridgehead atoms. The molecule has 12 heteroatoms. The summed E-state index contributed by atoms with van der Waals surface area (Å²) in [7, 11) is 1.30. The maximum atomic E-state index is 13.1. The van der Waals surface area contributed by atoms with Crippen LogP contribution >= 0.6 is 0 Å². The highest BCUT2D eigenvalue weighted by molar-refractivity contribution is 5.90. The van der Waals surface area contributed by atoms with E-state index in [0.29, 0.717) is 55.5 Å². The summed E-state index contributed by atoms with van der Waals surface area (Å²) in [6.45, 7) is 2.77. The molecule has 1 spiro atoms. The van der Waals surface area contributed by atoms with Gasteiger partial charge in [0.1, 0.15) is 23.6 Å². The van der Waals surface area contributed by atoms with Crippen molar-refractivity contribution in [2.24, 2.45) is 29.6 Å². The van der Waals surface area contributed by atoms with Crippen LogP contribution in [0.3, 0.4) is 0 Å². The van der Waals surface area contributed by atoms with Crippen LogP contribution in [0.4, 0.5) is 0 Å². The summed E-state index contributed by atoms with van der Waals surface area (Å²) in [6, 6.07) is 2.22. The summed E-state index contributed by atoms with van der Waals surface area (Å²) in [5.41, 5.74) is -1.06. The SMILES string of the molecule is COC(=O)C1=CC2C3CC=CC(C1CC(=O)O)C2OC1OC(COCCC3)C23OC(CCCO)=c4[nH]c(C(C)C5CCCCC5)cc4=C2CCC1(O)C3O. The second kappa shape index (κ2) is 15.2. The van der Waals surface area contributed by atoms with Gasteiger partial charge in [0, 0.05) is 53.9 Å². The third-order valence-corrected chi connectivity index (χ3v) is 14.0. The molecule has 11 atom stereocenters. The van der Waals surface area contributed by atoms with Crippen LogP contribution in [0.25, 0.3) is 11.3 Å². The number of carboxylic acid groups (broad SMARTS) is 1. The fourth-order valence-corrected chi connectivity index (χ4v) is 11.1. The minimum absolute atomic E-state index is 0.0303. The first-order chi connectivity index (χ1) is 26.1. The number of carbonyl (C=O) groups excluding carboxylic acids is 1. The van der Waals surface area contributed by atoms with Crippen LogP contribution in [0, 0.1) is 29.6 Å². The predicted octanol–water partition coefficient (Wildman–Crippen LogP) is 3.32. The van der Waals surface area contributed by atoms with E-state index in [9.17, 15) is 30.0 Å². The maximum Gasteiger partial charge on any atom is 0.333 e. The lowest BCUT2D eigenvalue weighted by atomic mass is 9.63. The molecule has 1 aromatic rings. The van der Waals surface area contributed by atoms with E-state index >= 15 is 0 Å². The predicted molar refractivity (Wildman–Crippen MR) is 196 cm³/mol. The molecule has 1 aromatic heterocycles. The molecular weight excluding hydrogens is 694 g/mol. The number of allylic oxidation sites excluding steroid dienone is 1. The van der Waals surface area contributed by atoms with Crippen LogP contribution in [0.15, 0.2) is 29.9 Å². The fraction of sp³-hybridized carbons (Fsp3) is 0.714. The van der Waals surface area contributed by atoms with Gasteiger partial charge in [0.2, 0.25) is 0 Å². The van der Waals surface area contributed by atoms with Gasteiger partial charge in [0.15, 0.2) is 11.9 Å². The third-order valence-electron chi connectivity index (χ3n) is 14.0. The van der Waals surface area contributed by atoms with Crippen molar-refractivity contribution in [3.8, 4) is 0 Å². The van der Waals surface area contributed by atoms with Crippen molar-refractivity contribution in [1.82, 2.24) is 4.98 Å². The van der Waals surface area contributed by atoms with Crippen LogP contribution in [-0.2, 0) is 33.3 Å². The molecule has 7 aliphatic rings. The molecular formula is C42H57NO11. The number of rotatable bonds is 8. The van der Waals surface area contributed by atoms with Gasteiger partial charge in [-0.05, 0) is 80.8 Å². The van der Waals surface area contributed by atoms with Crippen molar-refractivity contribution in [1.29, 1.82) is 0 Å². The lowest BCUT2D eigenvalue weighted by Gasteiger charge is -2.61. The average Bonchev–Trinajstić information content (AvgIpc) is 3.57. The maximum absolute atomic E-state index is 13.1. The molecule has 11 unspecified atom stereocenters. The Labute approximate surface area is 316 Å². The second-order valence-corrected chi connectivity index (χ2v) is 16.9. The number of aliphatic hydroxyl groups excluding tert-OH is 2. The number of H-pyrrole nitrogens is 1. The van der Waals surface area contributed by atoms with Gasteiger partial charge in [-0.1, -0.05) is 44.4 Å². The van der Waals surface area contributed by atoms with Crippen molar-refractivity contribution in [3.63, 3.8) is 0 Å². The molecule has 8 rings (SSSR count). The van der Waals surface area contributed by atoms with E-state index in [0.717, 1.165) is 34.7 Å². The number of carboxylic acids is 1. The molecule has 296 valence electrons. The van der Waals surface area contributed by atoms with Crippen LogP contribution in [0.5, 0.6) is 0 Å². The third kappa shape index (κ3) is 6.29. The minimum Gasteiger partial charge on any atom is -0.481 e. The molecule has 3 aliphatic heterocycles. The zero-order valence-corrected chi connectivity index (χ0v) is 31.5. The molecule has 54 heavy (non-hydrogen) atoms. The number of nitrogens with one attached hydrogen (secondary N) is 1. The van der Waals surface area contributed by atoms with Gasteiger partial charge in [-0.3, -0.25) is 4.79 Å².